The average Bonchev–Trinajstić information content (AvgIpc) is 2.41. The van der Waals surface area contributed by atoms with Gasteiger partial charge in [0.25, 0.3) is 0 Å². The SMILES string of the molecule is CC(C)Oc1ccc(NCCc2ccncc2)cc1. The minimum Gasteiger partial charge on any atom is -0.491 e. The predicted molar refractivity (Wildman–Crippen MR) is 78.6 cm³/mol. The summed E-state index contributed by atoms with van der Waals surface area (Å²) in [6.45, 7) is 4.97. The Morgan fingerprint density at radius 1 is 1.05 bits per heavy atom. The van der Waals surface area contributed by atoms with Crippen molar-refractivity contribution >= 4 is 5.69 Å². The normalized spacial score (nSPS) is 10.5. The minimum atomic E-state index is 0.213. The molecule has 1 aromatic heterocycles. The van der Waals surface area contributed by atoms with Crippen LogP contribution in [-0.4, -0.2) is 17.6 Å². The zero-order chi connectivity index (χ0) is 13.5. The first kappa shape index (κ1) is 13.4. The van der Waals surface area contributed by atoms with Crippen molar-refractivity contribution in [3.05, 3.63) is 54.4 Å². The van der Waals surface area contributed by atoms with Crippen molar-refractivity contribution in [2.75, 3.05) is 11.9 Å². The van der Waals surface area contributed by atoms with Gasteiger partial charge in [-0.1, -0.05) is 0 Å². The van der Waals surface area contributed by atoms with E-state index in [1.165, 1.54) is 5.56 Å². The summed E-state index contributed by atoms with van der Waals surface area (Å²) in [6.07, 6.45) is 4.86. The third-order valence-electron chi connectivity index (χ3n) is 2.72. The van der Waals surface area contributed by atoms with E-state index in [0.717, 1.165) is 24.4 Å². The highest BCUT2D eigenvalue weighted by molar-refractivity contribution is 5.46. The van der Waals surface area contributed by atoms with E-state index in [2.05, 4.69) is 10.3 Å². The van der Waals surface area contributed by atoms with E-state index in [9.17, 15) is 0 Å². The van der Waals surface area contributed by atoms with Gasteiger partial charge in [-0.3, -0.25) is 4.98 Å². The van der Waals surface area contributed by atoms with Crippen LogP contribution in [-0.2, 0) is 6.42 Å². The summed E-state index contributed by atoms with van der Waals surface area (Å²) in [6, 6.07) is 12.2. The van der Waals surface area contributed by atoms with E-state index < -0.39 is 0 Å². The van der Waals surface area contributed by atoms with Gasteiger partial charge < -0.3 is 10.1 Å². The van der Waals surface area contributed by atoms with Crippen LogP contribution in [0.2, 0.25) is 0 Å². The van der Waals surface area contributed by atoms with Crippen LogP contribution >= 0.6 is 0 Å². The fourth-order valence-electron chi connectivity index (χ4n) is 1.82. The summed E-state index contributed by atoms with van der Waals surface area (Å²) < 4.78 is 5.61. The van der Waals surface area contributed by atoms with Crippen molar-refractivity contribution in [1.29, 1.82) is 0 Å². The zero-order valence-corrected chi connectivity index (χ0v) is 11.5. The van der Waals surface area contributed by atoms with Gasteiger partial charge in [0.1, 0.15) is 5.75 Å². The molecular formula is C16H20N2O. The van der Waals surface area contributed by atoms with Crippen molar-refractivity contribution in [3.63, 3.8) is 0 Å². The number of anilines is 1. The number of pyridine rings is 1. The summed E-state index contributed by atoms with van der Waals surface area (Å²) in [4.78, 5) is 4.01. The molecule has 0 radical (unpaired) electrons. The highest BCUT2D eigenvalue weighted by Crippen LogP contribution is 2.16. The average molecular weight is 256 g/mol. The highest BCUT2D eigenvalue weighted by Gasteiger charge is 1.98. The van der Waals surface area contributed by atoms with Crippen molar-refractivity contribution in [2.24, 2.45) is 0 Å². The van der Waals surface area contributed by atoms with E-state index in [1.54, 1.807) is 0 Å². The molecule has 0 bridgehead atoms. The molecule has 3 nitrogen and oxygen atoms in total. The van der Waals surface area contributed by atoms with Gasteiger partial charge in [-0.05, 0) is 62.2 Å². The lowest BCUT2D eigenvalue weighted by Gasteiger charge is -2.11. The molecule has 0 atom stereocenters. The molecule has 100 valence electrons. The van der Waals surface area contributed by atoms with Crippen LogP contribution in [0.5, 0.6) is 5.75 Å². The van der Waals surface area contributed by atoms with Gasteiger partial charge in [0, 0.05) is 24.6 Å². The van der Waals surface area contributed by atoms with E-state index in [-0.39, 0.29) is 6.10 Å². The fraction of sp³-hybridized carbons (Fsp3) is 0.312. The number of aromatic nitrogens is 1. The predicted octanol–water partition coefficient (Wildman–Crippen LogP) is 3.52. The molecule has 0 aliphatic carbocycles. The largest absolute Gasteiger partial charge is 0.491 e. The van der Waals surface area contributed by atoms with Crippen LogP contribution in [0, 0.1) is 0 Å². The van der Waals surface area contributed by atoms with Crippen LogP contribution in [0.1, 0.15) is 19.4 Å². The second-order valence-electron chi connectivity index (χ2n) is 4.72. The van der Waals surface area contributed by atoms with Crippen LogP contribution in [0.4, 0.5) is 5.69 Å². The smallest absolute Gasteiger partial charge is 0.119 e. The Labute approximate surface area is 114 Å². The van der Waals surface area contributed by atoms with Crippen LogP contribution in [0.15, 0.2) is 48.8 Å². The Bertz CT molecular complexity index is 480. The maximum absolute atomic E-state index is 5.61. The topological polar surface area (TPSA) is 34.1 Å². The van der Waals surface area contributed by atoms with E-state index >= 15 is 0 Å². The summed E-state index contributed by atoms with van der Waals surface area (Å²) in [7, 11) is 0. The molecule has 2 aromatic rings. The van der Waals surface area contributed by atoms with E-state index in [4.69, 9.17) is 4.74 Å². The lowest BCUT2D eigenvalue weighted by atomic mass is 10.2. The van der Waals surface area contributed by atoms with Gasteiger partial charge >= 0.3 is 0 Å². The van der Waals surface area contributed by atoms with Gasteiger partial charge in [0.15, 0.2) is 0 Å². The second kappa shape index (κ2) is 6.78. The Balaban J connectivity index is 1.80. The Morgan fingerprint density at radius 2 is 1.74 bits per heavy atom. The van der Waals surface area contributed by atoms with Gasteiger partial charge in [-0.2, -0.15) is 0 Å². The van der Waals surface area contributed by atoms with E-state index in [1.807, 2.05) is 62.6 Å². The number of ether oxygens (including phenoxy) is 1. The molecule has 1 aromatic carbocycles. The van der Waals surface area contributed by atoms with Gasteiger partial charge in [-0.25, -0.2) is 0 Å². The van der Waals surface area contributed by atoms with Crippen molar-refractivity contribution in [2.45, 2.75) is 26.4 Å². The number of benzene rings is 1. The molecule has 1 heterocycles. The lowest BCUT2D eigenvalue weighted by Crippen LogP contribution is -2.06. The maximum Gasteiger partial charge on any atom is 0.119 e. The number of nitrogens with zero attached hydrogens (tertiary/aromatic N) is 1. The summed E-state index contributed by atoms with van der Waals surface area (Å²) in [5.74, 6) is 0.912. The molecule has 1 N–H and O–H groups in total. The molecule has 0 spiro atoms. The first-order valence-electron chi connectivity index (χ1n) is 6.63. The Morgan fingerprint density at radius 3 is 2.37 bits per heavy atom. The third kappa shape index (κ3) is 4.62. The van der Waals surface area contributed by atoms with Crippen LogP contribution in [0.25, 0.3) is 0 Å². The van der Waals surface area contributed by atoms with Crippen molar-refractivity contribution < 1.29 is 4.74 Å². The fourth-order valence-corrected chi connectivity index (χ4v) is 1.82. The van der Waals surface area contributed by atoms with Crippen molar-refractivity contribution in [1.82, 2.24) is 4.98 Å². The molecule has 0 aliphatic heterocycles. The Kier molecular flexibility index (Phi) is 4.78. The Hall–Kier alpha value is -2.03. The first-order chi connectivity index (χ1) is 9.24. The van der Waals surface area contributed by atoms with E-state index in [0.29, 0.717) is 0 Å². The molecule has 0 saturated heterocycles. The second-order valence-corrected chi connectivity index (χ2v) is 4.72. The summed E-state index contributed by atoms with van der Waals surface area (Å²) in [5.41, 5.74) is 2.41. The molecular weight excluding hydrogens is 236 g/mol. The molecule has 0 saturated carbocycles. The quantitative estimate of drug-likeness (QED) is 0.858. The summed E-state index contributed by atoms with van der Waals surface area (Å²) in [5, 5.41) is 3.40. The molecule has 3 heteroatoms. The van der Waals surface area contributed by atoms with Crippen LogP contribution < -0.4 is 10.1 Å². The molecule has 0 amide bonds. The van der Waals surface area contributed by atoms with Gasteiger partial charge in [0.05, 0.1) is 6.10 Å². The number of hydrogen-bond acceptors (Lipinski definition) is 3. The third-order valence-corrected chi connectivity index (χ3v) is 2.72. The highest BCUT2D eigenvalue weighted by atomic mass is 16.5. The number of nitrogens with one attached hydrogen (secondary N) is 1. The van der Waals surface area contributed by atoms with Crippen molar-refractivity contribution in [3.8, 4) is 5.75 Å². The number of rotatable bonds is 6. The summed E-state index contributed by atoms with van der Waals surface area (Å²) >= 11 is 0. The van der Waals surface area contributed by atoms with Crippen LogP contribution in [0.3, 0.4) is 0 Å². The minimum absolute atomic E-state index is 0.213. The molecule has 2 rings (SSSR count). The number of hydrogen-bond donors (Lipinski definition) is 1. The maximum atomic E-state index is 5.61. The molecule has 0 fully saturated rings. The standard InChI is InChI=1S/C16H20N2O/c1-13(2)19-16-5-3-15(4-6-16)18-12-9-14-7-10-17-11-8-14/h3-8,10-11,13,18H,9,12H2,1-2H3. The monoisotopic (exact) mass is 256 g/mol. The zero-order valence-electron chi connectivity index (χ0n) is 11.5. The molecule has 0 aliphatic rings. The molecule has 19 heavy (non-hydrogen) atoms. The molecule has 0 unspecified atom stereocenters. The van der Waals surface area contributed by atoms with Gasteiger partial charge in [0.2, 0.25) is 0 Å². The first-order valence-corrected chi connectivity index (χ1v) is 6.63. The lowest BCUT2D eigenvalue weighted by molar-refractivity contribution is 0.242. The van der Waals surface area contributed by atoms with Gasteiger partial charge in [-0.15, -0.1) is 0 Å².